The number of hydrogen-bond acceptors (Lipinski definition) is 3. The maximum absolute atomic E-state index is 12.3. The Kier molecular flexibility index (Phi) is 4.74. The minimum absolute atomic E-state index is 0.180. The van der Waals surface area contributed by atoms with E-state index in [1.807, 2.05) is 18.2 Å². The molecule has 2 heterocycles. The van der Waals surface area contributed by atoms with E-state index < -0.39 is 0 Å². The van der Waals surface area contributed by atoms with E-state index in [0.717, 1.165) is 37.0 Å². The summed E-state index contributed by atoms with van der Waals surface area (Å²) in [7, 11) is 0. The normalized spacial score (nSPS) is 29.1. The van der Waals surface area contributed by atoms with E-state index in [1.165, 1.54) is 19.3 Å². The molecule has 1 aromatic carbocycles. The van der Waals surface area contributed by atoms with Gasteiger partial charge in [0, 0.05) is 30.6 Å². The van der Waals surface area contributed by atoms with Gasteiger partial charge < -0.3 is 15.4 Å². The SMILES string of the molecule is O=C(CC1CC2CCC(C1)N2)NCc1ccccc1OC1CCC1. The summed E-state index contributed by atoms with van der Waals surface area (Å²) in [4.78, 5) is 12.3. The largest absolute Gasteiger partial charge is 0.490 e. The van der Waals surface area contributed by atoms with Crippen LogP contribution < -0.4 is 15.4 Å². The number of amides is 1. The summed E-state index contributed by atoms with van der Waals surface area (Å²) in [5, 5.41) is 6.75. The summed E-state index contributed by atoms with van der Waals surface area (Å²) in [6.07, 6.45) is 9.49. The number of fused-ring (bicyclic) bond motifs is 2. The van der Waals surface area contributed by atoms with Crippen LogP contribution in [0.2, 0.25) is 0 Å². The fraction of sp³-hybridized carbons (Fsp3) is 0.650. The summed E-state index contributed by atoms with van der Waals surface area (Å²) < 4.78 is 6.04. The van der Waals surface area contributed by atoms with E-state index in [9.17, 15) is 4.79 Å². The van der Waals surface area contributed by atoms with Crippen LogP contribution in [0.25, 0.3) is 0 Å². The maximum Gasteiger partial charge on any atom is 0.220 e. The molecule has 4 heteroatoms. The van der Waals surface area contributed by atoms with Gasteiger partial charge in [0.25, 0.3) is 0 Å². The van der Waals surface area contributed by atoms with E-state index in [0.29, 0.717) is 37.1 Å². The molecular weight excluding hydrogens is 300 g/mol. The molecule has 1 amide bonds. The molecule has 3 fully saturated rings. The van der Waals surface area contributed by atoms with E-state index in [1.54, 1.807) is 0 Å². The van der Waals surface area contributed by atoms with Crippen LogP contribution in [0.1, 0.15) is 56.9 Å². The van der Waals surface area contributed by atoms with Gasteiger partial charge in [-0.15, -0.1) is 0 Å². The summed E-state index contributed by atoms with van der Waals surface area (Å²) in [6, 6.07) is 9.39. The van der Waals surface area contributed by atoms with Crippen molar-refractivity contribution in [2.24, 2.45) is 5.92 Å². The lowest BCUT2D eigenvalue weighted by atomic mass is 9.89. The Labute approximate surface area is 144 Å². The maximum atomic E-state index is 12.3. The van der Waals surface area contributed by atoms with Gasteiger partial charge in [0.2, 0.25) is 5.91 Å². The zero-order valence-corrected chi connectivity index (χ0v) is 14.3. The van der Waals surface area contributed by atoms with Crippen molar-refractivity contribution < 1.29 is 9.53 Å². The molecule has 2 bridgehead atoms. The Bertz CT molecular complexity index is 573. The minimum atomic E-state index is 0.180. The first-order chi connectivity index (χ1) is 11.8. The molecule has 2 unspecified atom stereocenters. The molecule has 2 aliphatic heterocycles. The second-order valence-corrected chi connectivity index (χ2v) is 7.73. The molecule has 4 rings (SSSR count). The van der Waals surface area contributed by atoms with Gasteiger partial charge in [0.05, 0.1) is 6.10 Å². The van der Waals surface area contributed by atoms with Crippen molar-refractivity contribution in [3.8, 4) is 5.75 Å². The van der Waals surface area contributed by atoms with E-state index in [4.69, 9.17) is 4.74 Å². The van der Waals surface area contributed by atoms with Crippen LogP contribution in [0.3, 0.4) is 0 Å². The number of piperidine rings is 1. The van der Waals surface area contributed by atoms with Crippen molar-refractivity contribution in [2.75, 3.05) is 0 Å². The van der Waals surface area contributed by atoms with E-state index in [2.05, 4.69) is 16.7 Å². The number of carbonyl (C=O) groups excluding carboxylic acids is 1. The van der Waals surface area contributed by atoms with Gasteiger partial charge in [-0.25, -0.2) is 0 Å². The van der Waals surface area contributed by atoms with Crippen molar-refractivity contribution in [1.29, 1.82) is 0 Å². The van der Waals surface area contributed by atoms with Gasteiger partial charge in [0.15, 0.2) is 0 Å². The molecule has 2 atom stereocenters. The Morgan fingerprint density at radius 1 is 1.12 bits per heavy atom. The van der Waals surface area contributed by atoms with E-state index >= 15 is 0 Å². The monoisotopic (exact) mass is 328 g/mol. The smallest absolute Gasteiger partial charge is 0.220 e. The Morgan fingerprint density at radius 3 is 2.58 bits per heavy atom. The van der Waals surface area contributed by atoms with Crippen LogP contribution in [-0.4, -0.2) is 24.1 Å². The van der Waals surface area contributed by atoms with Crippen LogP contribution in [0.15, 0.2) is 24.3 Å². The van der Waals surface area contributed by atoms with Gasteiger partial charge in [-0.2, -0.15) is 0 Å². The molecular formula is C20H28N2O2. The highest BCUT2D eigenvalue weighted by molar-refractivity contribution is 5.76. The summed E-state index contributed by atoms with van der Waals surface area (Å²) in [5.74, 6) is 1.66. The third-order valence-corrected chi connectivity index (χ3v) is 5.84. The lowest BCUT2D eigenvalue weighted by Crippen LogP contribution is -2.39. The lowest BCUT2D eigenvalue weighted by molar-refractivity contribution is -0.122. The molecule has 3 aliphatic rings. The number of benzene rings is 1. The van der Waals surface area contributed by atoms with Crippen molar-refractivity contribution in [2.45, 2.75) is 76.1 Å². The van der Waals surface area contributed by atoms with Crippen LogP contribution >= 0.6 is 0 Å². The fourth-order valence-electron chi connectivity index (χ4n) is 4.30. The third-order valence-electron chi connectivity index (χ3n) is 5.84. The number of nitrogens with one attached hydrogen (secondary N) is 2. The molecule has 0 aromatic heterocycles. The van der Waals surface area contributed by atoms with Gasteiger partial charge in [-0.3, -0.25) is 4.79 Å². The second-order valence-electron chi connectivity index (χ2n) is 7.73. The number of carbonyl (C=O) groups is 1. The van der Waals surface area contributed by atoms with Crippen LogP contribution in [0.4, 0.5) is 0 Å². The van der Waals surface area contributed by atoms with Gasteiger partial charge in [-0.1, -0.05) is 18.2 Å². The zero-order chi connectivity index (χ0) is 16.4. The topological polar surface area (TPSA) is 50.4 Å². The number of para-hydroxylation sites is 1. The molecule has 24 heavy (non-hydrogen) atoms. The first kappa shape index (κ1) is 15.9. The van der Waals surface area contributed by atoms with Gasteiger partial charge in [-0.05, 0) is 56.9 Å². The standard InChI is InChI=1S/C20H28N2O2/c23-20(12-14-10-16-8-9-17(11-14)22-16)21-13-15-4-1-2-7-19(15)24-18-5-3-6-18/h1-2,4,7,14,16-18,22H,3,5-6,8-13H2,(H,21,23). The predicted octanol–water partition coefficient (Wildman–Crippen LogP) is 3.15. The van der Waals surface area contributed by atoms with Crippen LogP contribution in [0.5, 0.6) is 5.75 Å². The highest BCUT2D eigenvalue weighted by Gasteiger charge is 2.34. The first-order valence-electron chi connectivity index (χ1n) is 9.53. The molecule has 1 aromatic rings. The fourth-order valence-corrected chi connectivity index (χ4v) is 4.30. The van der Waals surface area contributed by atoms with Crippen LogP contribution in [0, 0.1) is 5.92 Å². The molecule has 0 spiro atoms. The first-order valence-corrected chi connectivity index (χ1v) is 9.53. The van der Waals surface area contributed by atoms with Gasteiger partial charge >= 0.3 is 0 Å². The Morgan fingerprint density at radius 2 is 1.88 bits per heavy atom. The molecule has 1 aliphatic carbocycles. The Balaban J connectivity index is 1.27. The molecule has 1 saturated carbocycles. The highest BCUT2D eigenvalue weighted by atomic mass is 16.5. The molecule has 130 valence electrons. The molecule has 2 N–H and O–H groups in total. The van der Waals surface area contributed by atoms with Crippen LogP contribution in [-0.2, 0) is 11.3 Å². The van der Waals surface area contributed by atoms with Crippen molar-refractivity contribution in [1.82, 2.24) is 10.6 Å². The second kappa shape index (κ2) is 7.14. The number of hydrogen-bond donors (Lipinski definition) is 2. The third kappa shape index (κ3) is 3.75. The zero-order valence-electron chi connectivity index (χ0n) is 14.3. The van der Waals surface area contributed by atoms with Gasteiger partial charge in [0.1, 0.15) is 5.75 Å². The minimum Gasteiger partial charge on any atom is -0.490 e. The predicted molar refractivity (Wildman–Crippen MR) is 93.8 cm³/mol. The quantitative estimate of drug-likeness (QED) is 0.843. The molecule has 0 radical (unpaired) electrons. The highest BCUT2D eigenvalue weighted by Crippen LogP contribution is 2.32. The molecule has 2 saturated heterocycles. The lowest BCUT2D eigenvalue weighted by Gasteiger charge is -2.29. The van der Waals surface area contributed by atoms with E-state index in [-0.39, 0.29) is 5.91 Å². The number of rotatable bonds is 6. The van der Waals surface area contributed by atoms with Crippen molar-refractivity contribution in [3.05, 3.63) is 29.8 Å². The van der Waals surface area contributed by atoms with Crippen molar-refractivity contribution >= 4 is 5.91 Å². The summed E-state index contributed by atoms with van der Waals surface area (Å²) in [6.45, 7) is 0.569. The van der Waals surface area contributed by atoms with Crippen molar-refractivity contribution in [3.63, 3.8) is 0 Å². The summed E-state index contributed by atoms with van der Waals surface area (Å²) in [5.41, 5.74) is 1.09. The Hall–Kier alpha value is -1.55. The number of ether oxygens (including phenoxy) is 1. The summed E-state index contributed by atoms with van der Waals surface area (Å²) >= 11 is 0. The average Bonchev–Trinajstić information content (AvgIpc) is 2.88. The molecule has 4 nitrogen and oxygen atoms in total. The average molecular weight is 328 g/mol.